The molecular weight excluding hydrogens is 276 g/mol. The van der Waals surface area contributed by atoms with Crippen molar-refractivity contribution in [2.24, 2.45) is 0 Å². The number of likely N-dealkylation sites (tertiary alicyclic amines) is 1. The number of carbonyl (C=O) groups is 2. The summed E-state index contributed by atoms with van der Waals surface area (Å²) in [6.07, 6.45) is 2.79. The van der Waals surface area contributed by atoms with E-state index in [1.807, 2.05) is 0 Å². The number of hydrogen-bond acceptors (Lipinski definition) is 4. The number of nitrogens with zero attached hydrogens (tertiary/aromatic N) is 2. The van der Waals surface area contributed by atoms with E-state index < -0.39 is 22.8 Å². The first-order valence-electron chi connectivity index (χ1n) is 6.79. The van der Waals surface area contributed by atoms with Gasteiger partial charge in [-0.3, -0.25) is 14.9 Å². The molecule has 112 valence electrons. The molecule has 1 fully saturated rings. The van der Waals surface area contributed by atoms with Crippen LogP contribution in [0.15, 0.2) is 24.3 Å². The summed E-state index contributed by atoms with van der Waals surface area (Å²) in [6.45, 7) is 0.360. The SMILES string of the molecule is O=C(O)C1CCCCCN1C(=O)c1cccc([N+](=O)[O-])c1. The van der Waals surface area contributed by atoms with E-state index in [2.05, 4.69) is 0 Å². The molecule has 1 N–H and O–H groups in total. The monoisotopic (exact) mass is 292 g/mol. The molecule has 7 heteroatoms. The molecule has 1 unspecified atom stereocenters. The highest BCUT2D eigenvalue weighted by Crippen LogP contribution is 2.21. The van der Waals surface area contributed by atoms with E-state index in [0.29, 0.717) is 13.0 Å². The second kappa shape index (κ2) is 6.34. The molecule has 1 saturated heterocycles. The summed E-state index contributed by atoms with van der Waals surface area (Å²) in [6, 6.07) is 4.53. The molecule has 7 nitrogen and oxygen atoms in total. The first-order valence-corrected chi connectivity index (χ1v) is 6.79. The molecular formula is C14H16N2O5. The maximum absolute atomic E-state index is 12.5. The second-order valence-electron chi connectivity index (χ2n) is 5.01. The number of carbonyl (C=O) groups excluding carboxylic acids is 1. The van der Waals surface area contributed by atoms with Gasteiger partial charge in [-0.2, -0.15) is 0 Å². The third kappa shape index (κ3) is 3.36. The average molecular weight is 292 g/mol. The molecule has 1 aromatic rings. The Kier molecular flexibility index (Phi) is 4.52. The van der Waals surface area contributed by atoms with Gasteiger partial charge in [-0.1, -0.05) is 18.9 Å². The number of nitro groups is 1. The van der Waals surface area contributed by atoms with Gasteiger partial charge in [-0.05, 0) is 18.9 Å². The predicted molar refractivity (Wildman–Crippen MR) is 74.0 cm³/mol. The van der Waals surface area contributed by atoms with E-state index in [-0.39, 0.29) is 11.3 Å². The Morgan fingerprint density at radius 2 is 2.05 bits per heavy atom. The van der Waals surface area contributed by atoms with Crippen LogP contribution < -0.4 is 0 Å². The number of carboxylic acids is 1. The number of hydrogen-bond donors (Lipinski definition) is 1. The van der Waals surface area contributed by atoms with Gasteiger partial charge < -0.3 is 10.0 Å². The van der Waals surface area contributed by atoms with Crippen molar-refractivity contribution in [1.29, 1.82) is 0 Å². The zero-order chi connectivity index (χ0) is 15.4. The lowest BCUT2D eigenvalue weighted by atomic mass is 10.1. The third-order valence-corrected chi connectivity index (χ3v) is 3.60. The van der Waals surface area contributed by atoms with Crippen LogP contribution in [0.25, 0.3) is 0 Å². The molecule has 0 spiro atoms. The van der Waals surface area contributed by atoms with Crippen LogP contribution in [0.3, 0.4) is 0 Å². The maximum Gasteiger partial charge on any atom is 0.326 e. The Hall–Kier alpha value is -2.44. The summed E-state index contributed by atoms with van der Waals surface area (Å²) in [5.41, 5.74) is -0.0279. The van der Waals surface area contributed by atoms with Crippen molar-refractivity contribution in [1.82, 2.24) is 4.90 Å². The van der Waals surface area contributed by atoms with Gasteiger partial charge in [0.25, 0.3) is 11.6 Å². The number of carboxylic acid groups (broad SMARTS) is 1. The summed E-state index contributed by atoms with van der Waals surface area (Å²) in [7, 11) is 0. The Bertz CT molecular complexity index is 572. The molecule has 1 amide bonds. The van der Waals surface area contributed by atoms with E-state index >= 15 is 0 Å². The van der Waals surface area contributed by atoms with Crippen LogP contribution in [-0.4, -0.2) is 39.4 Å². The minimum atomic E-state index is -1.03. The van der Waals surface area contributed by atoms with Crippen molar-refractivity contribution in [3.05, 3.63) is 39.9 Å². The van der Waals surface area contributed by atoms with Crippen LogP contribution >= 0.6 is 0 Å². The minimum absolute atomic E-state index is 0.150. The first-order chi connectivity index (χ1) is 10.0. The van der Waals surface area contributed by atoms with Crippen molar-refractivity contribution >= 4 is 17.6 Å². The molecule has 0 aromatic heterocycles. The van der Waals surface area contributed by atoms with Gasteiger partial charge in [-0.15, -0.1) is 0 Å². The van der Waals surface area contributed by atoms with Crippen LogP contribution in [0, 0.1) is 10.1 Å². The fourth-order valence-electron chi connectivity index (χ4n) is 2.53. The molecule has 1 aliphatic rings. The molecule has 0 aliphatic carbocycles. The van der Waals surface area contributed by atoms with E-state index in [1.54, 1.807) is 0 Å². The van der Waals surface area contributed by atoms with E-state index in [0.717, 1.165) is 19.3 Å². The Balaban J connectivity index is 2.29. The van der Waals surface area contributed by atoms with Crippen LogP contribution in [0.4, 0.5) is 5.69 Å². The van der Waals surface area contributed by atoms with Crippen LogP contribution in [0.1, 0.15) is 36.0 Å². The number of aliphatic carboxylic acids is 1. The normalized spacial score (nSPS) is 18.9. The van der Waals surface area contributed by atoms with Gasteiger partial charge >= 0.3 is 5.97 Å². The topological polar surface area (TPSA) is 101 Å². The zero-order valence-corrected chi connectivity index (χ0v) is 11.4. The number of benzene rings is 1. The summed E-state index contributed by atoms with van der Waals surface area (Å²) in [4.78, 5) is 35.3. The highest BCUT2D eigenvalue weighted by atomic mass is 16.6. The van der Waals surface area contributed by atoms with Crippen LogP contribution in [0.5, 0.6) is 0 Å². The summed E-state index contributed by atoms with van der Waals surface area (Å²) in [5, 5.41) is 20.0. The summed E-state index contributed by atoms with van der Waals surface area (Å²) >= 11 is 0. The lowest BCUT2D eigenvalue weighted by Crippen LogP contribution is -2.44. The maximum atomic E-state index is 12.5. The third-order valence-electron chi connectivity index (χ3n) is 3.60. The largest absolute Gasteiger partial charge is 0.480 e. The molecule has 2 rings (SSSR count). The lowest BCUT2D eigenvalue weighted by Gasteiger charge is -2.26. The summed E-state index contributed by atoms with van der Waals surface area (Å²) < 4.78 is 0. The average Bonchev–Trinajstić information content (AvgIpc) is 2.72. The molecule has 1 aliphatic heterocycles. The van der Waals surface area contributed by atoms with Crippen molar-refractivity contribution in [3.8, 4) is 0 Å². The Morgan fingerprint density at radius 3 is 2.71 bits per heavy atom. The van der Waals surface area contributed by atoms with E-state index in [1.165, 1.54) is 29.2 Å². The van der Waals surface area contributed by atoms with Gasteiger partial charge in [0.05, 0.1) is 4.92 Å². The fourth-order valence-corrected chi connectivity index (χ4v) is 2.53. The zero-order valence-electron chi connectivity index (χ0n) is 11.4. The van der Waals surface area contributed by atoms with Crippen LogP contribution in [-0.2, 0) is 4.79 Å². The molecule has 0 bridgehead atoms. The number of rotatable bonds is 3. The molecule has 0 saturated carbocycles. The summed E-state index contributed by atoms with van der Waals surface area (Å²) in [5.74, 6) is -1.50. The van der Waals surface area contributed by atoms with Gasteiger partial charge in [0, 0.05) is 24.2 Å². The molecule has 1 heterocycles. The standard InChI is InChI=1S/C14H16N2O5/c17-13(10-5-4-6-11(9-10)16(20)21)15-8-3-1-2-7-12(15)14(18)19/h4-6,9,12H,1-3,7-8H2,(H,18,19). The number of nitro benzene ring substituents is 1. The highest BCUT2D eigenvalue weighted by molar-refractivity contribution is 5.97. The van der Waals surface area contributed by atoms with Gasteiger partial charge in [0.1, 0.15) is 6.04 Å². The van der Waals surface area contributed by atoms with Gasteiger partial charge in [-0.25, -0.2) is 4.79 Å². The Morgan fingerprint density at radius 1 is 1.29 bits per heavy atom. The molecule has 21 heavy (non-hydrogen) atoms. The highest BCUT2D eigenvalue weighted by Gasteiger charge is 2.31. The van der Waals surface area contributed by atoms with E-state index in [4.69, 9.17) is 0 Å². The van der Waals surface area contributed by atoms with Crippen molar-refractivity contribution in [2.45, 2.75) is 31.7 Å². The van der Waals surface area contributed by atoms with Gasteiger partial charge in [0.15, 0.2) is 0 Å². The smallest absolute Gasteiger partial charge is 0.326 e. The first kappa shape index (κ1) is 15.0. The molecule has 1 atom stereocenters. The number of non-ortho nitro benzene ring substituents is 1. The van der Waals surface area contributed by atoms with Crippen molar-refractivity contribution in [2.75, 3.05) is 6.54 Å². The van der Waals surface area contributed by atoms with Crippen LogP contribution in [0.2, 0.25) is 0 Å². The Labute approximate surface area is 121 Å². The van der Waals surface area contributed by atoms with E-state index in [9.17, 15) is 24.8 Å². The molecule has 1 aromatic carbocycles. The predicted octanol–water partition coefficient (Wildman–Crippen LogP) is 2.06. The number of amides is 1. The fraction of sp³-hybridized carbons (Fsp3) is 0.429. The lowest BCUT2D eigenvalue weighted by molar-refractivity contribution is -0.384. The van der Waals surface area contributed by atoms with Gasteiger partial charge in [0.2, 0.25) is 0 Å². The second-order valence-corrected chi connectivity index (χ2v) is 5.01. The minimum Gasteiger partial charge on any atom is -0.480 e. The quantitative estimate of drug-likeness (QED) is 0.678. The van der Waals surface area contributed by atoms with Crippen molar-refractivity contribution in [3.63, 3.8) is 0 Å². The molecule has 0 radical (unpaired) electrons. The van der Waals surface area contributed by atoms with Crippen molar-refractivity contribution < 1.29 is 19.6 Å².